The van der Waals surface area contributed by atoms with Crippen LogP contribution < -0.4 is 0 Å². The summed E-state index contributed by atoms with van der Waals surface area (Å²) in [6, 6.07) is 7.25. The molecule has 5 nitrogen and oxygen atoms in total. The smallest absolute Gasteiger partial charge is 0.338 e. The molecule has 0 spiro atoms. The maximum atomic E-state index is 11.7. The minimum absolute atomic E-state index is 0.0984. The van der Waals surface area contributed by atoms with Crippen molar-refractivity contribution in [2.75, 3.05) is 26.4 Å². The Balaban J connectivity index is 1.44. The maximum absolute atomic E-state index is 11.7. The normalized spacial score (nSPS) is 24.0. The van der Waals surface area contributed by atoms with Crippen molar-refractivity contribution >= 4 is 5.97 Å². The SMILES string of the molecule is O=C(OCC1CO1)c1ccc(COCC2CO2)cc1. The van der Waals surface area contributed by atoms with E-state index in [1.807, 2.05) is 12.1 Å². The van der Waals surface area contributed by atoms with Crippen LogP contribution in [-0.2, 0) is 25.6 Å². The summed E-state index contributed by atoms with van der Waals surface area (Å²) in [5, 5.41) is 0. The Morgan fingerprint density at radius 1 is 1.11 bits per heavy atom. The van der Waals surface area contributed by atoms with Gasteiger partial charge in [0.15, 0.2) is 0 Å². The summed E-state index contributed by atoms with van der Waals surface area (Å²) in [6.07, 6.45) is 0.375. The molecule has 2 aliphatic rings. The van der Waals surface area contributed by atoms with Crippen LogP contribution in [0.5, 0.6) is 0 Å². The van der Waals surface area contributed by atoms with E-state index in [9.17, 15) is 4.79 Å². The Bertz CT molecular complexity index is 434. The fourth-order valence-corrected chi connectivity index (χ4v) is 1.63. The van der Waals surface area contributed by atoms with Crippen LogP contribution in [0.4, 0.5) is 0 Å². The van der Waals surface area contributed by atoms with E-state index < -0.39 is 0 Å². The quantitative estimate of drug-likeness (QED) is 0.546. The Labute approximate surface area is 111 Å². The molecule has 0 aliphatic carbocycles. The zero-order chi connectivity index (χ0) is 13.1. The highest BCUT2D eigenvalue weighted by Gasteiger charge is 2.24. The number of benzene rings is 1. The number of ether oxygens (including phenoxy) is 4. The molecule has 0 bridgehead atoms. The Morgan fingerprint density at radius 2 is 1.74 bits per heavy atom. The second-order valence-electron chi connectivity index (χ2n) is 4.72. The molecular weight excluding hydrogens is 248 g/mol. The summed E-state index contributed by atoms with van der Waals surface area (Å²) >= 11 is 0. The van der Waals surface area contributed by atoms with Crippen LogP contribution in [0.3, 0.4) is 0 Å². The lowest BCUT2D eigenvalue weighted by atomic mass is 10.1. The van der Waals surface area contributed by atoms with Crippen LogP contribution >= 0.6 is 0 Å². The largest absolute Gasteiger partial charge is 0.459 e. The number of hydrogen-bond acceptors (Lipinski definition) is 5. The number of carbonyl (C=O) groups is 1. The van der Waals surface area contributed by atoms with Crippen LogP contribution in [0.25, 0.3) is 0 Å². The van der Waals surface area contributed by atoms with E-state index >= 15 is 0 Å². The molecule has 1 aromatic carbocycles. The number of epoxide rings is 2. The topological polar surface area (TPSA) is 60.6 Å². The molecule has 2 unspecified atom stereocenters. The average Bonchev–Trinajstić information content (AvgIpc) is 3.31. The highest BCUT2D eigenvalue weighted by molar-refractivity contribution is 5.89. The van der Waals surface area contributed by atoms with Crippen molar-refractivity contribution in [3.05, 3.63) is 35.4 Å². The van der Waals surface area contributed by atoms with Crippen molar-refractivity contribution in [3.8, 4) is 0 Å². The Morgan fingerprint density at radius 3 is 2.37 bits per heavy atom. The first-order valence-corrected chi connectivity index (χ1v) is 6.38. The van der Waals surface area contributed by atoms with E-state index in [1.54, 1.807) is 12.1 Å². The molecule has 1 aromatic rings. The van der Waals surface area contributed by atoms with Crippen LogP contribution in [0, 0.1) is 0 Å². The zero-order valence-electron chi connectivity index (χ0n) is 10.5. The third kappa shape index (κ3) is 4.02. The van der Waals surface area contributed by atoms with Gasteiger partial charge in [0.2, 0.25) is 0 Å². The Hall–Kier alpha value is -1.43. The molecule has 0 saturated carbocycles. The average molecular weight is 264 g/mol. The summed E-state index contributed by atoms with van der Waals surface area (Å²) < 4.78 is 20.6. The maximum Gasteiger partial charge on any atom is 0.338 e. The van der Waals surface area contributed by atoms with E-state index in [4.69, 9.17) is 18.9 Å². The molecule has 3 rings (SSSR count). The molecule has 0 amide bonds. The number of carbonyl (C=O) groups excluding carboxylic acids is 1. The van der Waals surface area contributed by atoms with Gasteiger partial charge in [0.25, 0.3) is 0 Å². The van der Waals surface area contributed by atoms with E-state index in [-0.39, 0.29) is 18.2 Å². The number of rotatable bonds is 7. The predicted octanol–water partition coefficient (Wildman–Crippen LogP) is 1.16. The van der Waals surface area contributed by atoms with Gasteiger partial charge in [-0.2, -0.15) is 0 Å². The van der Waals surface area contributed by atoms with E-state index in [1.165, 1.54) is 0 Å². The van der Waals surface area contributed by atoms with Crippen molar-refractivity contribution in [1.29, 1.82) is 0 Å². The Kier molecular flexibility index (Phi) is 3.77. The molecule has 5 heteroatoms. The van der Waals surface area contributed by atoms with Crippen molar-refractivity contribution in [2.45, 2.75) is 18.8 Å². The van der Waals surface area contributed by atoms with Gasteiger partial charge in [-0.05, 0) is 17.7 Å². The summed E-state index contributed by atoms with van der Waals surface area (Å²) in [6.45, 7) is 2.99. The molecule has 2 atom stereocenters. The first kappa shape index (κ1) is 12.6. The van der Waals surface area contributed by atoms with Gasteiger partial charge in [0.05, 0.1) is 32.0 Å². The number of esters is 1. The highest BCUT2D eigenvalue weighted by atomic mass is 16.6. The van der Waals surface area contributed by atoms with Crippen molar-refractivity contribution in [2.24, 2.45) is 0 Å². The van der Waals surface area contributed by atoms with Crippen molar-refractivity contribution in [1.82, 2.24) is 0 Å². The third-order valence-electron chi connectivity index (χ3n) is 2.97. The van der Waals surface area contributed by atoms with Gasteiger partial charge in [-0.3, -0.25) is 0 Å². The van der Waals surface area contributed by atoms with Gasteiger partial charge in [0, 0.05) is 0 Å². The molecule has 102 valence electrons. The van der Waals surface area contributed by atoms with E-state index in [2.05, 4.69) is 0 Å². The van der Waals surface area contributed by atoms with Crippen LogP contribution in [-0.4, -0.2) is 44.6 Å². The molecule has 0 aromatic heterocycles. The molecular formula is C14H16O5. The lowest BCUT2D eigenvalue weighted by molar-refractivity contribution is 0.0476. The van der Waals surface area contributed by atoms with Gasteiger partial charge in [-0.1, -0.05) is 12.1 Å². The van der Waals surface area contributed by atoms with Gasteiger partial charge in [-0.25, -0.2) is 4.79 Å². The molecule has 2 aliphatic heterocycles. The number of hydrogen-bond donors (Lipinski definition) is 0. The van der Waals surface area contributed by atoms with Gasteiger partial charge in [-0.15, -0.1) is 0 Å². The molecule has 0 N–H and O–H groups in total. The minimum atomic E-state index is -0.311. The highest BCUT2D eigenvalue weighted by Crippen LogP contribution is 2.13. The van der Waals surface area contributed by atoms with Crippen LogP contribution in [0.2, 0.25) is 0 Å². The predicted molar refractivity (Wildman–Crippen MR) is 65.9 cm³/mol. The third-order valence-corrected chi connectivity index (χ3v) is 2.97. The van der Waals surface area contributed by atoms with Crippen LogP contribution in [0.1, 0.15) is 15.9 Å². The lowest BCUT2D eigenvalue weighted by Crippen LogP contribution is -2.10. The second kappa shape index (κ2) is 5.69. The van der Waals surface area contributed by atoms with Crippen molar-refractivity contribution in [3.63, 3.8) is 0 Å². The van der Waals surface area contributed by atoms with Gasteiger partial charge < -0.3 is 18.9 Å². The summed E-state index contributed by atoms with van der Waals surface area (Å²) in [5.41, 5.74) is 1.58. The lowest BCUT2D eigenvalue weighted by Gasteiger charge is -2.05. The summed E-state index contributed by atoms with van der Waals surface area (Å²) in [5.74, 6) is -0.311. The summed E-state index contributed by atoms with van der Waals surface area (Å²) in [7, 11) is 0. The monoisotopic (exact) mass is 264 g/mol. The van der Waals surface area contributed by atoms with Crippen LogP contribution in [0.15, 0.2) is 24.3 Å². The fourth-order valence-electron chi connectivity index (χ4n) is 1.63. The standard InChI is InChI=1S/C14H16O5/c15-14(19-9-13-8-18-13)11-3-1-10(2-4-11)5-16-6-12-7-17-12/h1-4,12-13H,5-9H2. The van der Waals surface area contributed by atoms with Crippen molar-refractivity contribution < 1.29 is 23.7 Å². The van der Waals surface area contributed by atoms with Gasteiger partial charge in [0.1, 0.15) is 18.8 Å². The second-order valence-corrected chi connectivity index (χ2v) is 4.72. The fraction of sp³-hybridized carbons (Fsp3) is 0.500. The zero-order valence-corrected chi connectivity index (χ0v) is 10.5. The molecule has 0 radical (unpaired) electrons. The first-order valence-electron chi connectivity index (χ1n) is 6.38. The molecule has 2 fully saturated rings. The molecule has 2 heterocycles. The molecule has 2 saturated heterocycles. The summed E-state index contributed by atoms with van der Waals surface area (Å²) in [4.78, 5) is 11.7. The van der Waals surface area contributed by atoms with Gasteiger partial charge >= 0.3 is 5.97 Å². The minimum Gasteiger partial charge on any atom is -0.459 e. The van der Waals surface area contributed by atoms with E-state index in [0.717, 1.165) is 12.2 Å². The first-order chi connectivity index (χ1) is 9.31. The molecule has 19 heavy (non-hydrogen) atoms. The van der Waals surface area contributed by atoms with E-state index in [0.29, 0.717) is 32.0 Å².